The van der Waals surface area contributed by atoms with Gasteiger partial charge in [-0.3, -0.25) is 4.79 Å². The number of thiazole rings is 1. The van der Waals surface area contributed by atoms with Crippen LogP contribution in [0.1, 0.15) is 16.2 Å². The van der Waals surface area contributed by atoms with Gasteiger partial charge < -0.3 is 9.32 Å². The number of hydrogen-bond acceptors (Lipinski definition) is 6. The molecule has 4 aromatic rings. The molecule has 4 rings (SSSR count). The van der Waals surface area contributed by atoms with Crippen molar-refractivity contribution in [2.75, 3.05) is 7.05 Å². The van der Waals surface area contributed by atoms with E-state index in [0.29, 0.717) is 17.3 Å². The molecule has 0 saturated carbocycles. The summed E-state index contributed by atoms with van der Waals surface area (Å²) in [6.07, 6.45) is 0. The Labute approximate surface area is 147 Å². The average molecular weight is 350 g/mol. The van der Waals surface area contributed by atoms with Crippen molar-refractivity contribution in [1.29, 1.82) is 0 Å². The van der Waals surface area contributed by atoms with Gasteiger partial charge in [-0.2, -0.15) is 0 Å². The fourth-order valence-corrected chi connectivity index (χ4v) is 3.35. The zero-order valence-electron chi connectivity index (χ0n) is 13.4. The van der Waals surface area contributed by atoms with E-state index >= 15 is 0 Å². The van der Waals surface area contributed by atoms with Gasteiger partial charge >= 0.3 is 0 Å². The van der Waals surface area contributed by atoms with Gasteiger partial charge in [0.25, 0.3) is 5.91 Å². The summed E-state index contributed by atoms with van der Waals surface area (Å²) in [6.45, 7) is 0.244. The molecule has 0 aliphatic rings. The van der Waals surface area contributed by atoms with Crippen LogP contribution in [0.3, 0.4) is 0 Å². The molecule has 25 heavy (non-hydrogen) atoms. The van der Waals surface area contributed by atoms with E-state index in [1.165, 1.54) is 11.3 Å². The van der Waals surface area contributed by atoms with Crippen LogP contribution in [-0.2, 0) is 6.54 Å². The minimum absolute atomic E-state index is 0.102. The Bertz CT molecular complexity index is 1030. The number of rotatable bonds is 4. The summed E-state index contributed by atoms with van der Waals surface area (Å²) in [6, 6.07) is 15.1. The van der Waals surface area contributed by atoms with Crippen LogP contribution < -0.4 is 0 Å². The van der Waals surface area contributed by atoms with E-state index in [2.05, 4.69) is 15.2 Å². The quantitative estimate of drug-likeness (QED) is 0.562. The predicted molar refractivity (Wildman–Crippen MR) is 95.2 cm³/mol. The number of carbonyl (C=O) groups excluding carboxylic acids is 1. The zero-order chi connectivity index (χ0) is 17.2. The fraction of sp³-hybridized carbons (Fsp3) is 0.111. The van der Waals surface area contributed by atoms with Crippen LogP contribution in [0.2, 0.25) is 0 Å². The number of nitrogens with zero attached hydrogens (tertiary/aromatic N) is 4. The molecule has 2 aromatic carbocycles. The molecule has 124 valence electrons. The number of fused-ring (bicyclic) bond motifs is 1. The third-order valence-corrected chi connectivity index (χ3v) is 4.67. The third kappa shape index (κ3) is 3.01. The van der Waals surface area contributed by atoms with Crippen LogP contribution in [0.5, 0.6) is 0 Å². The third-order valence-electron chi connectivity index (χ3n) is 3.79. The Morgan fingerprint density at radius 2 is 1.96 bits per heavy atom. The Morgan fingerprint density at radius 3 is 2.80 bits per heavy atom. The highest BCUT2D eigenvalue weighted by Gasteiger charge is 2.18. The maximum Gasteiger partial charge on any atom is 0.255 e. The molecule has 0 N–H and O–H groups in total. The van der Waals surface area contributed by atoms with Crippen molar-refractivity contribution in [3.8, 4) is 11.5 Å². The first-order valence-corrected chi connectivity index (χ1v) is 8.56. The van der Waals surface area contributed by atoms with E-state index in [0.717, 1.165) is 15.8 Å². The van der Waals surface area contributed by atoms with Crippen molar-refractivity contribution in [1.82, 2.24) is 20.1 Å². The van der Waals surface area contributed by atoms with Gasteiger partial charge in [-0.1, -0.05) is 24.3 Å². The number of carbonyl (C=O) groups is 1. The smallest absolute Gasteiger partial charge is 0.255 e. The largest absolute Gasteiger partial charge is 0.419 e. The molecular weight excluding hydrogens is 336 g/mol. The standard InChI is InChI=1S/C18H14N4O2S/c1-22(18(23)13-8-5-9-14-16(13)25-11-19-14)10-15-20-21-17(24-15)12-6-3-2-4-7-12/h2-9,11H,10H2,1H3. The summed E-state index contributed by atoms with van der Waals surface area (Å²) in [5.41, 5.74) is 4.05. The lowest BCUT2D eigenvalue weighted by molar-refractivity contribution is 0.0775. The van der Waals surface area contributed by atoms with Crippen molar-refractivity contribution in [2.24, 2.45) is 0 Å². The van der Waals surface area contributed by atoms with Crippen molar-refractivity contribution in [2.45, 2.75) is 6.54 Å². The number of hydrogen-bond donors (Lipinski definition) is 0. The molecule has 0 atom stereocenters. The van der Waals surface area contributed by atoms with Gasteiger partial charge in [0.1, 0.15) is 0 Å². The molecular formula is C18H14N4O2S. The monoisotopic (exact) mass is 350 g/mol. The summed E-state index contributed by atoms with van der Waals surface area (Å²) < 4.78 is 6.56. The highest BCUT2D eigenvalue weighted by molar-refractivity contribution is 7.17. The van der Waals surface area contributed by atoms with Gasteiger partial charge in [-0.15, -0.1) is 21.5 Å². The summed E-state index contributed by atoms with van der Waals surface area (Å²) in [7, 11) is 1.72. The van der Waals surface area contributed by atoms with Gasteiger partial charge in [-0.25, -0.2) is 4.98 Å². The van der Waals surface area contributed by atoms with E-state index in [1.807, 2.05) is 48.5 Å². The van der Waals surface area contributed by atoms with Crippen LogP contribution in [0.15, 0.2) is 58.5 Å². The van der Waals surface area contributed by atoms with Crippen LogP contribution in [-0.4, -0.2) is 33.0 Å². The van der Waals surface area contributed by atoms with E-state index in [4.69, 9.17) is 4.42 Å². The fourth-order valence-electron chi connectivity index (χ4n) is 2.55. The molecule has 6 nitrogen and oxygen atoms in total. The molecule has 0 bridgehead atoms. The first-order valence-electron chi connectivity index (χ1n) is 7.68. The lowest BCUT2D eigenvalue weighted by Crippen LogP contribution is -2.26. The topological polar surface area (TPSA) is 72.1 Å². The molecule has 0 unspecified atom stereocenters. The molecule has 0 fully saturated rings. The maximum absolute atomic E-state index is 12.8. The van der Waals surface area contributed by atoms with Crippen LogP contribution in [0, 0.1) is 0 Å². The van der Waals surface area contributed by atoms with E-state index in [-0.39, 0.29) is 12.5 Å². The number of amides is 1. The van der Waals surface area contributed by atoms with Crippen LogP contribution >= 0.6 is 11.3 Å². The molecule has 2 aromatic heterocycles. The first-order chi connectivity index (χ1) is 12.2. The van der Waals surface area contributed by atoms with E-state index in [9.17, 15) is 4.79 Å². The maximum atomic E-state index is 12.8. The van der Waals surface area contributed by atoms with Gasteiger partial charge in [0.2, 0.25) is 11.8 Å². The highest BCUT2D eigenvalue weighted by Crippen LogP contribution is 2.24. The predicted octanol–water partition coefficient (Wildman–Crippen LogP) is 3.62. The average Bonchev–Trinajstić information content (AvgIpc) is 3.30. The van der Waals surface area contributed by atoms with E-state index in [1.54, 1.807) is 17.5 Å². The lowest BCUT2D eigenvalue weighted by Gasteiger charge is -2.15. The molecule has 2 heterocycles. The Hall–Kier alpha value is -3.06. The molecule has 0 saturated heterocycles. The SMILES string of the molecule is CN(Cc1nnc(-c2ccccc2)o1)C(=O)c1cccc2ncsc12. The van der Waals surface area contributed by atoms with Gasteiger partial charge in [0, 0.05) is 12.6 Å². The Kier molecular flexibility index (Phi) is 3.99. The minimum Gasteiger partial charge on any atom is -0.419 e. The van der Waals surface area contributed by atoms with Crippen molar-refractivity contribution in [3.63, 3.8) is 0 Å². The zero-order valence-corrected chi connectivity index (χ0v) is 14.2. The van der Waals surface area contributed by atoms with E-state index < -0.39 is 0 Å². The Balaban J connectivity index is 1.54. The lowest BCUT2D eigenvalue weighted by atomic mass is 10.2. The Morgan fingerprint density at radius 1 is 1.12 bits per heavy atom. The summed E-state index contributed by atoms with van der Waals surface area (Å²) >= 11 is 1.46. The molecule has 0 spiro atoms. The second-order valence-electron chi connectivity index (χ2n) is 5.53. The summed E-state index contributed by atoms with van der Waals surface area (Å²) in [5, 5.41) is 8.09. The number of benzene rings is 2. The summed E-state index contributed by atoms with van der Waals surface area (Å²) in [5.74, 6) is 0.738. The van der Waals surface area contributed by atoms with Crippen molar-refractivity contribution < 1.29 is 9.21 Å². The minimum atomic E-state index is -0.102. The van der Waals surface area contributed by atoms with Gasteiger partial charge in [0.05, 0.1) is 27.8 Å². The highest BCUT2D eigenvalue weighted by atomic mass is 32.1. The molecule has 7 heteroatoms. The van der Waals surface area contributed by atoms with Crippen LogP contribution in [0.25, 0.3) is 21.7 Å². The molecule has 0 radical (unpaired) electrons. The van der Waals surface area contributed by atoms with Crippen LogP contribution in [0.4, 0.5) is 0 Å². The van der Waals surface area contributed by atoms with Gasteiger partial charge in [-0.05, 0) is 24.3 Å². The number of aromatic nitrogens is 3. The summed E-state index contributed by atoms with van der Waals surface area (Å²) in [4.78, 5) is 18.6. The second-order valence-corrected chi connectivity index (χ2v) is 6.39. The normalized spacial score (nSPS) is 10.9. The molecule has 0 aliphatic heterocycles. The van der Waals surface area contributed by atoms with Crippen molar-refractivity contribution >= 4 is 27.5 Å². The first kappa shape index (κ1) is 15.5. The molecule has 0 aliphatic carbocycles. The molecule has 1 amide bonds. The second kappa shape index (κ2) is 6.45. The van der Waals surface area contributed by atoms with Crippen molar-refractivity contribution in [3.05, 3.63) is 65.5 Å². The van der Waals surface area contributed by atoms with Gasteiger partial charge in [0.15, 0.2) is 0 Å².